The summed E-state index contributed by atoms with van der Waals surface area (Å²) in [5.74, 6) is -0.215. The van der Waals surface area contributed by atoms with E-state index in [2.05, 4.69) is 15.4 Å². The number of hydrogen-bond donors (Lipinski definition) is 1. The van der Waals surface area contributed by atoms with Gasteiger partial charge in [0.1, 0.15) is 0 Å². The van der Waals surface area contributed by atoms with E-state index in [1.165, 1.54) is 30.6 Å². The fourth-order valence-corrected chi connectivity index (χ4v) is 2.68. The van der Waals surface area contributed by atoms with Crippen LogP contribution in [-0.2, 0) is 16.0 Å². The average Bonchev–Trinajstić information content (AvgIpc) is 2.78. The van der Waals surface area contributed by atoms with Gasteiger partial charge in [0.2, 0.25) is 0 Å². The molecule has 0 unspecified atom stereocenters. The molecule has 1 aromatic rings. The Morgan fingerprint density at radius 2 is 2.28 bits per heavy atom. The molecule has 0 atom stereocenters. The highest BCUT2D eigenvalue weighted by atomic mass is 32.1. The van der Waals surface area contributed by atoms with Crippen molar-refractivity contribution in [1.29, 1.82) is 0 Å². The van der Waals surface area contributed by atoms with Crippen LogP contribution in [-0.4, -0.2) is 35.7 Å². The third kappa shape index (κ3) is 3.96. The van der Waals surface area contributed by atoms with Gasteiger partial charge in [-0.2, -0.15) is 0 Å². The van der Waals surface area contributed by atoms with Gasteiger partial charge >= 0.3 is 5.97 Å². The summed E-state index contributed by atoms with van der Waals surface area (Å²) in [4.78, 5) is 15.7. The molecular formula is C12H19N3O2S. The van der Waals surface area contributed by atoms with E-state index in [1.807, 2.05) is 12.3 Å². The SMILES string of the molecule is CCOC(=O)Cc1csc(NN2CCCCC2)n1. The number of piperidine rings is 1. The van der Waals surface area contributed by atoms with Crippen LogP contribution in [0.2, 0.25) is 0 Å². The minimum atomic E-state index is -0.215. The number of carbonyl (C=O) groups excluding carboxylic acids is 1. The van der Waals surface area contributed by atoms with E-state index in [1.54, 1.807) is 0 Å². The number of hydrazine groups is 1. The highest BCUT2D eigenvalue weighted by Crippen LogP contribution is 2.18. The molecule has 1 fully saturated rings. The summed E-state index contributed by atoms with van der Waals surface area (Å²) in [6.45, 7) is 4.35. The van der Waals surface area contributed by atoms with Gasteiger partial charge in [0, 0.05) is 18.5 Å². The van der Waals surface area contributed by atoms with Gasteiger partial charge in [-0.05, 0) is 19.8 Å². The van der Waals surface area contributed by atoms with Gasteiger partial charge in [0.25, 0.3) is 0 Å². The number of ether oxygens (including phenoxy) is 1. The Morgan fingerprint density at radius 1 is 1.50 bits per heavy atom. The first-order valence-electron chi connectivity index (χ1n) is 6.39. The lowest BCUT2D eigenvalue weighted by Gasteiger charge is -2.26. The molecule has 0 spiro atoms. The maximum Gasteiger partial charge on any atom is 0.311 e. The minimum absolute atomic E-state index is 0.215. The van der Waals surface area contributed by atoms with E-state index in [4.69, 9.17) is 4.74 Å². The van der Waals surface area contributed by atoms with Gasteiger partial charge in [0.05, 0.1) is 18.7 Å². The van der Waals surface area contributed by atoms with Crippen molar-refractivity contribution >= 4 is 22.4 Å². The van der Waals surface area contributed by atoms with Crippen LogP contribution < -0.4 is 5.43 Å². The van der Waals surface area contributed by atoms with E-state index in [-0.39, 0.29) is 12.4 Å². The van der Waals surface area contributed by atoms with Crippen LogP contribution >= 0.6 is 11.3 Å². The van der Waals surface area contributed by atoms with E-state index in [0.717, 1.165) is 23.9 Å². The van der Waals surface area contributed by atoms with Crippen molar-refractivity contribution in [2.24, 2.45) is 0 Å². The number of hydrogen-bond acceptors (Lipinski definition) is 6. The molecule has 0 amide bonds. The number of esters is 1. The summed E-state index contributed by atoms with van der Waals surface area (Å²) in [5.41, 5.74) is 4.07. The van der Waals surface area contributed by atoms with Crippen molar-refractivity contribution in [3.63, 3.8) is 0 Å². The second-order valence-corrected chi connectivity index (χ2v) is 5.14. The molecular weight excluding hydrogens is 250 g/mol. The third-order valence-electron chi connectivity index (χ3n) is 2.79. The van der Waals surface area contributed by atoms with Crippen LogP contribution in [0.5, 0.6) is 0 Å². The second-order valence-electron chi connectivity index (χ2n) is 4.29. The fourth-order valence-electron chi connectivity index (χ4n) is 1.94. The molecule has 0 radical (unpaired) electrons. The van der Waals surface area contributed by atoms with Crippen molar-refractivity contribution in [2.75, 3.05) is 25.1 Å². The molecule has 5 nitrogen and oxygen atoms in total. The maximum absolute atomic E-state index is 11.3. The molecule has 2 heterocycles. The average molecular weight is 269 g/mol. The van der Waals surface area contributed by atoms with E-state index < -0.39 is 0 Å². The number of nitrogens with one attached hydrogen (secondary N) is 1. The van der Waals surface area contributed by atoms with Crippen LogP contribution in [0.25, 0.3) is 0 Å². The summed E-state index contributed by atoms with van der Waals surface area (Å²) >= 11 is 1.53. The van der Waals surface area contributed by atoms with Crippen LogP contribution in [0.3, 0.4) is 0 Å². The Labute approximate surface area is 111 Å². The normalized spacial score (nSPS) is 16.5. The summed E-state index contributed by atoms with van der Waals surface area (Å²) in [7, 11) is 0. The van der Waals surface area contributed by atoms with Gasteiger partial charge in [-0.15, -0.1) is 11.3 Å². The van der Waals surface area contributed by atoms with Gasteiger partial charge in [0.15, 0.2) is 5.13 Å². The van der Waals surface area contributed by atoms with E-state index >= 15 is 0 Å². The lowest BCUT2D eigenvalue weighted by atomic mass is 10.2. The molecule has 0 saturated carbocycles. The number of rotatable bonds is 5. The topological polar surface area (TPSA) is 54.5 Å². The molecule has 0 aliphatic carbocycles. The first-order chi connectivity index (χ1) is 8.78. The molecule has 18 heavy (non-hydrogen) atoms. The molecule has 1 saturated heterocycles. The lowest BCUT2D eigenvalue weighted by molar-refractivity contribution is -0.142. The Balaban J connectivity index is 1.83. The molecule has 1 N–H and O–H groups in total. The maximum atomic E-state index is 11.3. The summed E-state index contributed by atoms with van der Waals surface area (Å²) < 4.78 is 4.90. The molecule has 0 aromatic carbocycles. The standard InChI is InChI=1S/C12H19N3O2S/c1-2-17-11(16)8-10-9-18-12(13-10)14-15-6-4-3-5-7-15/h9H,2-8H2,1H3,(H,13,14). The second kappa shape index (κ2) is 6.70. The van der Waals surface area contributed by atoms with Crippen LogP contribution in [0.1, 0.15) is 31.9 Å². The zero-order valence-corrected chi connectivity index (χ0v) is 11.5. The van der Waals surface area contributed by atoms with Crippen molar-refractivity contribution in [2.45, 2.75) is 32.6 Å². The molecule has 100 valence electrons. The zero-order chi connectivity index (χ0) is 12.8. The highest BCUT2D eigenvalue weighted by Gasteiger charge is 2.12. The third-order valence-corrected chi connectivity index (χ3v) is 3.59. The Kier molecular flexibility index (Phi) is 4.95. The van der Waals surface area contributed by atoms with Gasteiger partial charge in [-0.1, -0.05) is 6.42 Å². The summed E-state index contributed by atoms with van der Waals surface area (Å²) in [6, 6.07) is 0. The predicted molar refractivity (Wildman–Crippen MR) is 71.5 cm³/mol. The number of anilines is 1. The predicted octanol–water partition coefficient (Wildman–Crippen LogP) is 2.06. The fraction of sp³-hybridized carbons (Fsp3) is 0.667. The largest absolute Gasteiger partial charge is 0.466 e. The number of aromatic nitrogens is 1. The Hall–Kier alpha value is -1.14. The van der Waals surface area contributed by atoms with Crippen LogP contribution in [0.15, 0.2) is 5.38 Å². The molecule has 1 aliphatic heterocycles. The number of nitrogens with zero attached hydrogens (tertiary/aromatic N) is 2. The monoisotopic (exact) mass is 269 g/mol. The van der Waals surface area contributed by atoms with Crippen molar-refractivity contribution in [3.05, 3.63) is 11.1 Å². The van der Waals surface area contributed by atoms with Gasteiger partial charge in [-0.25, -0.2) is 9.99 Å². The van der Waals surface area contributed by atoms with Crippen molar-refractivity contribution < 1.29 is 9.53 Å². The quantitative estimate of drug-likeness (QED) is 0.829. The highest BCUT2D eigenvalue weighted by molar-refractivity contribution is 7.13. The summed E-state index contributed by atoms with van der Waals surface area (Å²) in [5, 5.41) is 4.95. The smallest absolute Gasteiger partial charge is 0.311 e. The first kappa shape index (κ1) is 13.3. The number of thiazole rings is 1. The van der Waals surface area contributed by atoms with Crippen molar-refractivity contribution in [3.8, 4) is 0 Å². The molecule has 0 bridgehead atoms. The number of carbonyl (C=O) groups is 1. The van der Waals surface area contributed by atoms with Crippen molar-refractivity contribution in [1.82, 2.24) is 9.99 Å². The molecule has 1 aromatic heterocycles. The molecule has 6 heteroatoms. The van der Waals surface area contributed by atoms with Crippen LogP contribution in [0.4, 0.5) is 5.13 Å². The Bertz CT molecular complexity index is 388. The Morgan fingerprint density at radius 3 is 3.00 bits per heavy atom. The first-order valence-corrected chi connectivity index (χ1v) is 7.27. The summed E-state index contributed by atoms with van der Waals surface area (Å²) in [6.07, 6.45) is 4.03. The van der Waals surface area contributed by atoms with Gasteiger partial charge < -0.3 is 4.74 Å². The zero-order valence-electron chi connectivity index (χ0n) is 10.6. The van der Waals surface area contributed by atoms with Gasteiger partial charge in [-0.3, -0.25) is 10.2 Å². The van der Waals surface area contributed by atoms with E-state index in [9.17, 15) is 4.79 Å². The molecule has 2 rings (SSSR count). The van der Waals surface area contributed by atoms with E-state index in [0.29, 0.717) is 6.61 Å². The van der Waals surface area contributed by atoms with Crippen LogP contribution in [0, 0.1) is 0 Å². The minimum Gasteiger partial charge on any atom is -0.466 e. The molecule has 1 aliphatic rings. The lowest BCUT2D eigenvalue weighted by Crippen LogP contribution is -2.34.